The number of rotatable bonds is 7. The molecule has 9 aromatic rings. The number of benzene rings is 8. The molecule has 2 nitrogen and oxygen atoms in total. The van der Waals surface area contributed by atoms with Crippen molar-refractivity contribution in [3.63, 3.8) is 0 Å². The molecule has 0 N–H and O–H groups in total. The molecule has 1 heterocycles. The van der Waals surface area contributed by atoms with E-state index in [0.29, 0.717) is 0 Å². The van der Waals surface area contributed by atoms with Gasteiger partial charge in [0.05, 0.1) is 22.4 Å². The lowest BCUT2D eigenvalue weighted by Crippen LogP contribution is -2.10. The molecule has 0 saturated carbocycles. The second-order valence-corrected chi connectivity index (χ2v) is 12.5. The van der Waals surface area contributed by atoms with Gasteiger partial charge in [0, 0.05) is 33.3 Å². The number of hydrogen-bond acceptors (Lipinski definition) is 1. The van der Waals surface area contributed by atoms with Crippen LogP contribution in [-0.2, 0) is 0 Å². The van der Waals surface area contributed by atoms with Gasteiger partial charge in [-0.2, -0.15) is 0 Å². The number of anilines is 3. The van der Waals surface area contributed by atoms with Crippen molar-refractivity contribution in [2.75, 3.05) is 4.90 Å². The molecule has 9 rings (SSSR count). The van der Waals surface area contributed by atoms with E-state index < -0.39 is 0 Å². The van der Waals surface area contributed by atoms with E-state index in [1.54, 1.807) is 0 Å². The van der Waals surface area contributed by atoms with Crippen LogP contribution in [0.2, 0.25) is 0 Å². The summed E-state index contributed by atoms with van der Waals surface area (Å²) in [5.41, 5.74) is 14.0. The van der Waals surface area contributed by atoms with Gasteiger partial charge >= 0.3 is 0 Å². The van der Waals surface area contributed by atoms with Gasteiger partial charge in [0.2, 0.25) is 0 Å². The Bertz CT molecular complexity index is 2550. The van der Waals surface area contributed by atoms with Gasteiger partial charge in [-0.15, -0.1) is 0 Å². The lowest BCUT2D eigenvalue weighted by molar-refractivity contribution is 1.18. The molecule has 2 heteroatoms. The Labute approximate surface area is 292 Å². The fourth-order valence-corrected chi connectivity index (χ4v) is 7.38. The molecule has 8 aromatic carbocycles. The molecule has 0 fully saturated rings. The van der Waals surface area contributed by atoms with E-state index in [-0.39, 0.29) is 0 Å². The molecule has 1 aromatic heterocycles. The average Bonchev–Trinajstić information content (AvgIpc) is 3.53. The van der Waals surface area contributed by atoms with E-state index in [4.69, 9.17) is 0 Å². The molecule has 0 spiro atoms. The van der Waals surface area contributed by atoms with Crippen molar-refractivity contribution < 1.29 is 0 Å². The van der Waals surface area contributed by atoms with Crippen LogP contribution in [0.15, 0.2) is 206 Å². The summed E-state index contributed by atoms with van der Waals surface area (Å²) in [6.45, 7) is 0. The maximum atomic E-state index is 2.46. The normalized spacial score (nSPS) is 11.2. The third-order valence-electron chi connectivity index (χ3n) is 9.61. The van der Waals surface area contributed by atoms with Gasteiger partial charge < -0.3 is 9.47 Å². The standard InChI is InChI=1S/C48H34N2/c1-4-18-35(19-5-1)39-24-10-11-26-41(39)42-27-13-16-30-46(42)50-47-31-17-14-28-43(47)44-33-32-36(34-48(44)50)40-25-12-15-29-45(40)49(37-20-6-2-7-21-37)38-22-8-3-9-23-38/h1-34H. The maximum Gasteiger partial charge on any atom is 0.0547 e. The predicted octanol–water partition coefficient (Wildman–Crippen LogP) is 13.3. The Hall–Kier alpha value is -6.64. The Morgan fingerprint density at radius 2 is 0.840 bits per heavy atom. The number of nitrogens with zero attached hydrogens (tertiary/aromatic N) is 2. The molecule has 0 aliphatic heterocycles. The molecular formula is C48H34N2. The Morgan fingerprint density at radius 1 is 0.320 bits per heavy atom. The monoisotopic (exact) mass is 638 g/mol. The smallest absolute Gasteiger partial charge is 0.0547 e. The molecule has 236 valence electrons. The van der Waals surface area contributed by atoms with Crippen LogP contribution in [0.4, 0.5) is 17.1 Å². The quantitative estimate of drug-likeness (QED) is 0.169. The summed E-state index contributed by atoms with van der Waals surface area (Å²) in [6, 6.07) is 74.0. The van der Waals surface area contributed by atoms with Crippen LogP contribution in [-0.4, -0.2) is 4.57 Å². The topological polar surface area (TPSA) is 8.17 Å². The highest BCUT2D eigenvalue weighted by molar-refractivity contribution is 6.11. The van der Waals surface area contributed by atoms with Crippen LogP contribution >= 0.6 is 0 Å². The van der Waals surface area contributed by atoms with E-state index in [0.717, 1.165) is 28.3 Å². The summed E-state index contributed by atoms with van der Waals surface area (Å²) in [5, 5.41) is 2.47. The van der Waals surface area contributed by atoms with Gasteiger partial charge in [-0.25, -0.2) is 0 Å². The number of para-hydroxylation sites is 5. The van der Waals surface area contributed by atoms with Crippen LogP contribution in [0, 0.1) is 0 Å². The first kappa shape index (κ1) is 29.5. The highest BCUT2D eigenvalue weighted by Crippen LogP contribution is 2.44. The fraction of sp³-hybridized carbons (Fsp3) is 0. The van der Waals surface area contributed by atoms with Crippen LogP contribution in [0.1, 0.15) is 0 Å². The summed E-state index contributed by atoms with van der Waals surface area (Å²) in [7, 11) is 0. The van der Waals surface area contributed by atoms with Crippen molar-refractivity contribution in [3.05, 3.63) is 206 Å². The maximum absolute atomic E-state index is 2.46. The van der Waals surface area contributed by atoms with Crippen molar-refractivity contribution in [2.45, 2.75) is 0 Å². The van der Waals surface area contributed by atoms with Crippen molar-refractivity contribution in [1.82, 2.24) is 4.57 Å². The van der Waals surface area contributed by atoms with Crippen molar-refractivity contribution >= 4 is 38.9 Å². The van der Waals surface area contributed by atoms with Crippen molar-refractivity contribution in [3.8, 4) is 39.1 Å². The van der Waals surface area contributed by atoms with Crippen molar-refractivity contribution in [2.24, 2.45) is 0 Å². The lowest BCUT2D eigenvalue weighted by Gasteiger charge is -2.27. The molecule has 0 aliphatic rings. The van der Waals surface area contributed by atoms with E-state index in [1.807, 2.05) is 0 Å². The summed E-state index contributed by atoms with van der Waals surface area (Å²) >= 11 is 0. The zero-order valence-corrected chi connectivity index (χ0v) is 27.5. The first-order chi connectivity index (χ1) is 24.8. The number of fused-ring (bicyclic) bond motifs is 3. The summed E-state index contributed by atoms with van der Waals surface area (Å²) in [5.74, 6) is 0. The molecule has 0 bridgehead atoms. The second-order valence-electron chi connectivity index (χ2n) is 12.5. The molecule has 0 aliphatic carbocycles. The van der Waals surface area contributed by atoms with Crippen LogP contribution in [0.25, 0.3) is 60.9 Å². The molecular weight excluding hydrogens is 605 g/mol. The lowest BCUT2D eigenvalue weighted by atomic mass is 9.93. The van der Waals surface area contributed by atoms with Gasteiger partial charge in [-0.3, -0.25) is 0 Å². The minimum absolute atomic E-state index is 1.12. The minimum Gasteiger partial charge on any atom is -0.310 e. The van der Waals surface area contributed by atoms with Crippen molar-refractivity contribution in [1.29, 1.82) is 0 Å². The number of aromatic nitrogens is 1. The van der Waals surface area contributed by atoms with Crippen LogP contribution in [0.3, 0.4) is 0 Å². The molecule has 0 unspecified atom stereocenters. The third-order valence-corrected chi connectivity index (χ3v) is 9.61. The molecule has 0 atom stereocenters. The zero-order valence-electron chi connectivity index (χ0n) is 27.5. The van der Waals surface area contributed by atoms with Crippen LogP contribution in [0.5, 0.6) is 0 Å². The Balaban J connectivity index is 1.28. The zero-order chi connectivity index (χ0) is 33.3. The predicted molar refractivity (Wildman–Crippen MR) is 212 cm³/mol. The van der Waals surface area contributed by atoms with E-state index in [2.05, 4.69) is 216 Å². The van der Waals surface area contributed by atoms with Gasteiger partial charge in [0.1, 0.15) is 0 Å². The largest absolute Gasteiger partial charge is 0.310 e. The van der Waals surface area contributed by atoms with E-state index >= 15 is 0 Å². The van der Waals surface area contributed by atoms with Crippen LogP contribution < -0.4 is 4.90 Å². The van der Waals surface area contributed by atoms with Gasteiger partial charge in [-0.05, 0) is 70.8 Å². The second kappa shape index (κ2) is 12.8. The fourth-order valence-electron chi connectivity index (χ4n) is 7.38. The molecule has 0 saturated heterocycles. The summed E-state index contributed by atoms with van der Waals surface area (Å²) in [6.07, 6.45) is 0. The summed E-state index contributed by atoms with van der Waals surface area (Å²) < 4.78 is 2.46. The number of hydrogen-bond donors (Lipinski definition) is 0. The highest BCUT2D eigenvalue weighted by atomic mass is 15.1. The molecule has 50 heavy (non-hydrogen) atoms. The van der Waals surface area contributed by atoms with E-state index in [9.17, 15) is 0 Å². The molecule has 0 amide bonds. The van der Waals surface area contributed by atoms with Gasteiger partial charge in [0.15, 0.2) is 0 Å². The van der Waals surface area contributed by atoms with Gasteiger partial charge in [-0.1, -0.05) is 158 Å². The first-order valence-corrected chi connectivity index (χ1v) is 17.1. The SMILES string of the molecule is c1ccc(-c2ccccc2-c2ccccc2-n2c3ccccc3c3ccc(-c4ccccc4N(c4ccccc4)c4ccccc4)cc32)cc1. The Kier molecular flexibility index (Phi) is 7.53. The van der Waals surface area contributed by atoms with Gasteiger partial charge in [0.25, 0.3) is 0 Å². The minimum atomic E-state index is 1.12. The van der Waals surface area contributed by atoms with E-state index in [1.165, 1.54) is 49.6 Å². The summed E-state index contributed by atoms with van der Waals surface area (Å²) in [4.78, 5) is 2.35. The Morgan fingerprint density at radius 3 is 1.56 bits per heavy atom. The first-order valence-electron chi connectivity index (χ1n) is 17.1. The third kappa shape index (κ3) is 5.15. The average molecular weight is 639 g/mol. The molecule has 0 radical (unpaired) electrons. The highest BCUT2D eigenvalue weighted by Gasteiger charge is 2.20.